The Balaban J connectivity index is 2.03. The molecule has 0 amide bonds. The molecule has 0 radical (unpaired) electrons. The van der Waals surface area contributed by atoms with Crippen LogP contribution in [-0.4, -0.2) is 22.5 Å². The minimum atomic E-state index is -4.48. The number of ether oxygens (including phenoxy) is 1. The topological polar surface area (TPSA) is 76.0 Å². The normalized spacial score (nSPS) is 12.7. The summed E-state index contributed by atoms with van der Waals surface area (Å²) in [5, 5.41) is 0. The number of phosphoric ester groups is 1. The maximum absolute atomic E-state index is 11.0. The van der Waals surface area contributed by atoms with Crippen molar-refractivity contribution in [3.05, 3.63) is 30.3 Å². The van der Waals surface area contributed by atoms with E-state index >= 15 is 0 Å². The first kappa shape index (κ1) is 28.2. The third-order valence-corrected chi connectivity index (χ3v) is 6.09. The van der Waals surface area contributed by atoms with Crippen molar-refractivity contribution in [2.45, 2.75) is 116 Å². The van der Waals surface area contributed by atoms with Crippen molar-refractivity contribution in [1.82, 2.24) is 0 Å². The van der Waals surface area contributed by atoms with Crippen molar-refractivity contribution in [1.29, 1.82) is 0 Å². The Kier molecular flexibility index (Phi) is 17.0. The quantitative estimate of drug-likeness (QED) is 0.146. The Morgan fingerprint density at radius 1 is 0.742 bits per heavy atom. The van der Waals surface area contributed by atoms with E-state index in [4.69, 9.17) is 14.5 Å². The number of hydrogen-bond acceptors (Lipinski definition) is 3. The Bertz CT molecular complexity index is 560. The molecule has 1 aromatic rings. The van der Waals surface area contributed by atoms with Crippen molar-refractivity contribution in [2.75, 3.05) is 6.61 Å². The van der Waals surface area contributed by atoms with Gasteiger partial charge >= 0.3 is 7.82 Å². The van der Waals surface area contributed by atoms with Crippen LogP contribution in [0.25, 0.3) is 0 Å². The molecule has 5 nitrogen and oxygen atoms in total. The molecular weight excluding hydrogens is 411 g/mol. The van der Waals surface area contributed by atoms with Gasteiger partial charge < -0.3 is 14.5 Å². The highest BCUT2D eigenvalue weighted by Gasteiger charge is 2.19. The maximum atomic E-state index is 11.0. The second kappa shape index (κ2) is 18.7. The fraction of sp³-hybridized carbons (Fsp3) is 0.760. The monoisotopic (exact) mass is 456 g/mol. The molecular formula is C25H45O5P. The summed E-state index contributed by atoms with van der Waals surface area (Å²) in [6.07, 6.45) is 20.1. The molecule has 6 heteroatoms. The van der Waals surface area contributed by atoms with E-state index in [0.717, 1.165) is 19.3 Å². The van der Waals surface area contributed by atoms with Crippen LogP contribution in [0.1, 0.15) is 110 Å². The van der Waals surface area contributed by atoms with Gasteiger partial charge in [0.1, 0.15) is 11.9 Å². The molecule has 1 unspecified atom stereocenters. The summed E-state index contributed by atoms with van der Waals surface area (Å²) in [6, 6.07) is 9.35. The molecule has 0 aliphatic rings. The van der Waals surface area contributed by atoms with Gasteiger partial charge in [-0.05, 0) is 25.0 Å². The first-order chi connectivity index (χ1) is 15.0. The zero-order chi connectivity index (χ0) is 22.6. The van der Waals surface area contributed by atoms with Gasteiger partial charge in [-0.3, -0.25) is 4.52 Å². The van der Waals surface area contributed by atoms with Crippen molar-refractivity contribution < 1.29 is 23.6 Å². The Hall–Kier alpha value is -0.870. The van der Waals surface area contributed by atoms with Gasteiger partial charge in [-0.15, -0.1) is 0 Å². The molecule has 2 N–H and O–H groups in total. The summed E-state index contributed by atoms with van der Waals surface area (Å²) in [6.45, 7) is 2.17. The minimum absolute atomic E-state index is 0.0994. The van der Waals surface area contributed by atoms with Gasteiger partial charge in [-0.1, -0.05) is 115 Å². The lowest BCUT2D eigenvalue weighted by molar-refractivity contribution is 0.0941. The average Bonchev–Trinajstić information content (AvgIpc) is 2.74. The van der Waals surface area contributed by atoms with Crippen LogP contribution in [0.2, 0.25) is 0 Å². The Morgan fingerprint density at radius 3 is 1.65 bits per heavy atom. The number of benzene rings is 1. The van der Waals surface area contributed by atoms with Crippen molar-refractivity contribution >= 4 is 7.82 Å². The summed E-state index contributed by atoms with van der Waals surface area (Å²) in [5.41, 5.74) is 0. The standard InChI is InChI=1S/C25H45O5P/c1-2-3-4-5-6-7-8-9-10-11-12-13-14-15-17-22-25(23-29-31(26,27)28)30-24-20-18-16-19-21-24/h16,18-21,25H,2-15,17,22-23H2,1H3,(H2,26,27,28). The van der Waals surface area contributed by atoms with Crippen LogP contribution in [0.3, 0.4) is 0 Å². The van der Waals surface area contributed by atoms with E-state index in [-0.39, 0.29) is 12.7 Å². The smallest absolute Gasteiger partial charge is 0.469 e. The second-order valence-electron chi connectivity index (χ2n) is 8.58. The molecule has 31 heavy (non-hydrogen) atoms. The molecule has 0 bridgehead atoms. The molecule has 180 valence electrons. The zero-order valence-corrected chi connectivity index (χ0v) is 20.4. The van der Waals surface area contributed by atoms with Gasteiger partial charge in [0.25, 0.3) is 0 Å². The summed E-state index contributed by atoms with van der Waals surface area (Å²) in [4.78, 5) is 17.9. The molecule has 0 aliphatic heterocycles. The van der Waals surface area contributed by atoms with Gasteiger partial charge in [0, 0.05) is 0 Å². The van der Waals surface area contributed by atoms with E-state index in [9.17, 15) is 4.57 Å². The van der Waals surface area contributed by atoms with Crippen LogP contribution in [0.15, 0.2) is 30.3 Å². The van der Waals surface area contributed by atoms with Gasteiger partial charge in [0.2, 0.25) is 0 Å². The first-order valence-electron chi connectivity index (χ1n) is 12.4. The molecule has 0 saturated carbocycles. The lowest BCUT2D eigenvalue weighted by Crippen LogP contribution is -2.22. The summed E-state index contributed by atoms with van der Waals surface area (Å²) in [5.74, 6) is 0.697. The minimum Gasteiger partial charge on any atom is -0.488 e. The molecule has 1 rings (SSSR count). The van der Waals surface area contributed by atoms with Crippen LogP contribution in [0, 0.1) is 0 Å². The molecule has 0 saturated heterocycles. The predicted molar refractivity (Wildman–Crippen MR) is 128 cm³/mol. The summed E-state index contributed by atoms with van der Waals surface area (Å²) in [7, 11) is -4.48. The fourth-order valence-electron chi connectivity index (χ4n) is 3.79. The fourth-order valence-corrected chi connectivity index (χ4v) is 4.15. The summed E-state index contributed by atoms with van der Waals surface area (Å²) >= 11 is 0. The van der Waals surface area contributed by atoms with Crippen molar-refractivity contribution in [3.8, 4) is 5.75 Å². The molecule has 0 aromatic heterocycles. The predicted octanol–water partition coefficient (Wildman–Crippen LogP) is 7.80. The van der Waals surface area contributed by atoms with Crippen LogP contribution in [-0.2, 0) is 9.09 Å². The van der Waals surface area contributed by atoms with E-state index in [1.165, 1.54) is 83.5 Å². The molecule has 0 heterocycles. The highest BCUT2D eigenvalue weighted by molar-refractivity contribution is 7.46. The van der Waals surface area contributed by atoms with Gasteiger partial charge in [0.05, 0.1) is 6.61 Å². The number of phosphoric acid groups is 1. The van der Waals surface area contributed by atoms with E-state index in [1.54, 1.807) is 0 Å². The second-order valence-corrected chi connectivity index (χ2v) is 9.82. The molecule has 0 aliphatic carbocycles. The Labute approximate surface area is 190 Å². The SMILES string of the molecule is CCCCCCCCCCCCCCCCCC(COP(=O)(O)O)Oc1ccccc1. The highest BCUT2D eigenvalue weighted by atomic mass is 31.2. The number of hydrogen-bond donors (Lipinski definition) is 2. The number of unbranched alkanes of at least 4 members (excludes halogenated alkanes) is 14. The average molecular weight is 457 g/mol. The number of rotatable bonds is 21. The third-order valence-electron chi connectivity index (χ3n) is 5.60. The molecule has 0 fully saturated rings. The highest BCUT2D eigenvalue weighted by Crippen LogP contribution is 2.36. The summed E-state index contributed by atoms with van der Waals surface area (Å²) < 4.78 is 21.6. The van der Waals surface area contributed by atoms with Crippen LogP contribution < -0.4 is 4.74 Å². The Morgan fingerprint density at radius 2 is 1.19 bits per heavy atom. The van der Waals surface area contributed by atoms with Crippen LogP contribution >= 0.6 is 7.82 Å². The van der Waals surface area contributed by atoms with Gasteiger partial charge in [-0.2, -0.15) is 0 Å². The van der Waals surface area contributed by atoms with E-state index in [2.05, 4.69) is 11.4 Å². The van der Waals surface area contributed by atoms with E-state index < -0.39 is 7.82 Å². The first-order valence-corrected chi connectivity index (χ1v) is 14.0. The molecule has 1 atom stereocenters. The van der Waals surface area contributed by atoms with Gasteiger partial charge in [-0.25, -0.2) is 4.57 Å². The van der Waals surface area contributed by atoms with Crippen LogP contribution in [0.4, 0.5) is 0 Å². The lowest BCUT2D eigenvalue weighted by Gasteiger charge is -2.19. The third kappa shape index (κ3) is 18.4. The van der Waals surface area contributed by atoms with Crippen molar-refractivity contribution in [3.63, 3.8) is 0 Å². The number of para-hydroxylation sites is 1. The van der Waals surface area contributed by atoms with E-state index in [0.29, 0.717) is 5.75 Å². The van der Waals surface area contributed by atoms with Gasteiger partial charge in [0.15, 0.2) is 0 Å². The largest absolute Gasteiger partial charge is 0.488 e. The molecule has 1 aromatic carbocycles. The maximum Gasteiger partial charge on any atom is 0.469 e. The zero-order valence-electron chi connectivity index (χ0n) is 19.6. The lowest BCUT2D eigenvalue weighted by atomic mass is 10.0. The molecule has 0 spiro atoms. The van der Waals surface area contributed by atoms with E-state index in [1.807, 2.05) is 30.3 Å². The van der Waals surface area contributed by atoms with Crippen molar-refractivity contribution in [2.24, 2.45) is 0 Å². The van der Waals surface area contributed by atoms with Crippen LogP contribution in [0.5, 0.6) is 5.75 Å².